The molecular weight excluding hydrogens is 99.6 g/mol. The molecule has 28 valence electrons. The first-order valence-corrected chi connectivity index (χ1v) is 1.32. The summed E-state index contributed by atoms with van der Waals surface area (Å²) in [5, 5.41) is 0. The Balaban J connectivity index is 0.0000000900. The Hall–Kier alpha value is 0.519. The fraction of sp³-hybridized carbons (Fsp3) is 0.667. The maximum Gasteiger partial charge on any atom is 0 e. The van der Waals surface area contributed by atoms with E-state index in [0.29, 0.717) is 0 Å². The summed E-state index contributed by atoms with van der Waals surface area (Å²) in [5.74, 6) is 0. The second kappa shape index (κ2) is 1.80. The zero-order chi connectivity index (χ0) is 2.12. The van der Waals surface area contributed by atoms with Gasteiger partial charge in [-0.3, -0.25) is 0 Å². The number of hydrogen-bond acceptors (Lipinski definition) is 0. The minimum atomic E-state index is 0. The van der Waals surface area contributed by atoms with Crippen molar-refractivity contribution >= 4 is 0 Å². The molecule has 0 amide bonds. The van der Waals surface area contributed by atoms with Crippen molar-refractivity contribution in [2.24, 2.45) is 0 Å². The molecule has 0 atom stereocenters. The topological polar surface area (TPSA) is 0 Å². The van der Waals surface area contributed by atoms with Gasteiger partial charge in [-0.1, -0.05) is 0 Å². The van der Waals surface area contributed by atoms with Crippen molar-refractivity contribution in [3.63, 3.8) is 0 Å². The molecule has 0 spiro atoms. The molecule has 2 radical (unpaired) electrons. The molecule has 1 saturated carbocycles. The average molecular weight is 105 g/mol. The van der Waals surface area contributed by atoms with Crippen LogP contribution in [0.2, 0.25) is 0 Å². The van der Waals surface area contributed by atoms with Crippen molar-refractivity contribution in [3.05, 3.63) is 6.42 Å². The van der Waals surface area contributed by atoms with Crippen LogP contribution < -0.4 is 0 Å². The van der Waals surface area contributed by atoms with Gasteiger partial charge in [0, 0.05) is 17.1 Å². The first-order chi connectivity index (χ1) is 1.50. The summed E-state index contributed by atoms with van der Waals surface area (Å²) >= 11 is 0. The quantitative estimate of drug-likeness (QED) is 0.402. The summed E-state index contributed by atoms with van der Waals surface area (Å²) < 4.78 is 0. The molecule has 0 nitrogen and oxygen atoms in total. The first-order valence-electron chi connectivity index (χ1n) is 1.32. The normalized spacial score (nSPS) is 18.0. The van der Waals surface area contributed by atoms with E-state index in [4.69, 9.17) is 0 Å². The van der Waals surface area contributed by atoms with Crippen LogP contribution in [0.5, 0.6) is 0 Å². The fourth-order valence-electron chi connectivity index (χ4n) is 0. The van der Waals surface area contributed by atoms with Crippen molar-refractivity contribution < 1.29 is 17.1 Å². The second-order valence-electron chi connectivity index (χ2n) is 0.866. The van der Waals surface area contributed by atoms with E-state index >= 15 is 0 Å². The summed E-state index contributed by atoms with van der Waals surface area (Å²) in [6.45, 7) is 0. The maximum absolute atomic E-state index is 2.25. The molecule has 1 aliphatic rings. The van der Waals surface area contributed by atoms with E-state index in [-0.39, 0.29) is 17.1 Å². The summed E-state index contributed by atoms with van der Waals surface area (Å²) in [4.78, 5) is 0. The Morgan fingerprint density at radius 1 is 1.25 bits per heavy atom. The fourth-order valence-corrected chi connectivity index (χ4v) is 0. The Morgan fingerprint density at radius 2 is 1.50 bits per heavy atom. The number of hydrogen-bond donors (Lipinski definition) is 0. The first kappa shape index (κ1) is 4.52. The smallest absolute Gasteiger partial charge is 0 e. The van der Waals surface area contributed by atoms with E-state index in [0.717, 1.165) is 0 Å². The van der Waals surface area contributed by atoms with Crippen LogP contribution in [0.25, 0.3) is 0 Å². The molecule has 0 aromatic rings. The minimum Gasteiger partial charge on any atom is -0.0499 e. The minimum absolute atomic E-state index is 0. The third-order valence-electron chi connectivity index (χ3n) is 0.289. The SMILES string of the molecule is [CH]1CC1.[Cu]. The molecule has 0 aliphatic heterocycles. The molecule has 1 aliphatic carbocycles. The third-order valence-corrected chi connectivity index (χ3v) is 0.289. The van der Waals surface area contributed by atoms with Crippen LogP contribution >= 0.6 is 0 Å². The van der Waals surface area contributed by atoms with Gasteiger partial charge in [-0.15, -0.1) is 0 Å². The third kappa shape index (κ3) is 2.52. The van der Waals surface area contributed by atoms with Crippen molar-refractivity contribution in [3.8, 4) is 0 Å². The van der Waals surface area contributed by atoms with Crippen LogP contribution in [0.3, 0.4) is 0 Å². The molecule has 4 heavy (non-hydrogen) atoms. The standard InChI is InChI=1S/C3H5.Cu/c1-2-3-1;/h1H,2-3H2;. The molecule has 0 unspecified atom stereocenters. The second-order valence-corrected chi connectivity index (χ2v) is 0.866. The molecule has 0 aromatic heterocycles. The van der Waals surface area contributed by atoms with E-state index in [9.17, 15) is 0 Å². The van der Waals surface area contributed by atoms with Gasteiger partial charge in [0.05, 0.1) is 0 Å². The maximum atomic E-state index is 2.25. The molecule has 0 saturated heterocycles. The average Bonchev–Trinajstić information content (AvgIpc) is 1.46. The van der Waals surface area contributed by atoms with Crippen molar-refractivity contribution in [2.75, 3.05) is 0 Å². The van der Waals surface area contributed by atoms with Crippen LogP contribution in [0.15, 0.2) is 0 Å². The molecule has 0 aromatic carbocycles. The Morgan fingerprint density at radius 3 is 1.50 bits per heavy atom. The van der Waals surface area contributed by atoms with E-state index in [1.165, 1.54) is 12.8 Å². The molecule has 1 rings (SSSR count). The summed E-state index contributed by atoms with van der Waals surface area (Å²) in [5.41, 5.74) is 0. The predicted octanol–water partition coefficient (Wildman–Crippen LogP) is 0.982. The molecule has 1 fully saturated rings. The molecule has 0 bridgehead atoms. The van der Waals surface area contributed by atoms with Gasteiger partial charge in [0.1, 0.15) is 0 Å². The monoisotopic (exact) mass is 104 g/mol. The van der Waals surface area contributed by atoms with E-state index < -0.39 is 0 Å². The van der Waals surface area contributed by atoms with E-state index in [1.807, 2.05) is 0 Å². The van der Waals surface area contributed by atoms with Gasteiger partial charge >= 0.3 is 0 Å². The zero-order valence-electron chi connectivity index (χ0n) is 2.29. The van der Waals surface area contributed by atoms with Crippen molar-refractivity contribution in [1.82, 2.24) is 0 Å². The van der Waals surface area contributed by atoms with Crippen LogP contribution in [-0.4, -0.2) is 0 Å². The Bertz CT molecular complexity index is 8.00. The van der Waals surface area contributed by atoms with Gasteiger partial charge in [-0.25, -0.2) is 0 Å². The largest absolute Gasteiger partial charge is 0.0499 e. The van der Waals surface area contributed by atoms with Crippen molar-refractivity contribution in [2.45, 2.75) is 12.8 Å². The van der Waals surface area contributed by atoms with Crippen LogP contribution in [0.1, 0.15) is 12.8 Å². The van der Waals surface area contributed by atoms with Gasteiger partial charge < -0.3 is 0 Å². The molecule has 0 heterocycles. The summed E-state index contributed by atoms with van der Waals surface area (Å²) in [6, 6.07) is 0. The van der Waals surface area contributed by atoms with E-state index in [2.05, 4.69) is 6.42 Å². The Labute approximate surface area is 37.1 Å². The molecule has 0 N–H and O–H groups in total. The van der Waals surface area contributed by atoms with E-state index in [1.54, 1.807) is 0 Å². The van der Waals surface area contributed by atoms with Crippen LogP contribution in [0.4, 0.5) is 0 Å². The van der Waals surface area contributed by atoms with Gasteiger partial charge in [0.2, 0.25) is 0 Å². The van der Waals surface area contributed by atoms with Gasteiger partial charge in [-0.2, -0.15) is 0 Å². The van der Waals surface area contributed by atoms with Crippen LogP contribution in [-0.2, 0) is 17.1 Å². The summed E-state index contributed by atoms with van der Waals surface area (Å²) in [6.07, 6.45) is 5.00. The number of rotatable bonds is 0. The van der Waals surface area contributed by atoms with Gasteiger partial charge in [0.15, 0.2) is 0 Å². The molecule has 1 heteroatoms. The van der Waals surface area contributed by atoms with Crippen LogP contribution in [0, 0.1) is 6.42 Å². The van der Waals surface area contributed by atoms with Crippen molar-refractivity contribution in [1.29, 1.82) is 0 Å². The molecular formula is C3H5Cu. The van der Waals surface area contributed by atoms with Gasteiger partial charge in [-0.05, 0) is 19.3 Å². The predicted molar refractivity (Wildman–Crippen MR) is 13.5 cm³/mol. The van der Waals surface area contributed by atoms with Gasteiger partial charge in [0.25, 0.3) is 0 Å². The summed E-state index contributed by atoms with van der Waals surface area (Å²) in [7, 11) is 0. The zero-order valence-corrected chi connectivity index (χ0v) is 3.23. The Kier molecular flexibility index (Phi) is 2.04.